The Kier molecular flexibility index (Phi) is 8.02. The number of amides is 2. The van der Waals surface area contributed by atoms with Crippen LogP contribution in [-0.2, 0) is 21.9 Å². The molecule has 0 spiro atoms. The van der Waals surface area contributed by atoms with Crippen molar-refractivity contribution >= 4 is 62.9 Å². The Morgan fingerprint density at radius 1 is 0.925 bits per heavy atom. The number of halogens is 8. The molecule has 214 valence electrons. The molecule has 0 radical (unpaired) electrons. The van der Waals surface area contributed by atoms with E-state index in [1.165, 1.54) is 6.92 Å². The molecule has 2 amide bonds. The number of rotatable bonds is 7. The van der Waals surface area contributed by atoms with E-state index in [4.69, 9.17) is 23.2 Å². The lowest BCUT2D eigenvalue weighted by molar-refractivity contribution is -0.138. The van der Waals surface area contributed by atoms with Gasteiger partial charge in [0.2, 0.25) is 11.8 Å². The minimum absolute atomic E-state index is 0.0235. The normalized spacial score (nSPS) is 15.3. The summed E-state index contributed by atoms with van der Waals surface area (Å²) in [5, 5.41) is 17.6. The average Bonchev–Trinajstić information content (AvgIpc) is 3.58. The minimum atomic E-state index is -4.68. The van der Waals surface area contributed by atoms with Gasteiger partial charge in [-0.1, -0.05) is 34.5 Å². The summed E-state index contributed by atoms with van der Waals surface area (Å²) in [5.41, 5.74) is -3.88. The number of aromatic nitrogens is 1. The Morgan fingerprint density at radius 3 is 1.95 bits per heavy atom. The van der Waals surface area contributed by atoms with Gasteiger partial charge >= 0.3 is 12.4 Å². The second-order valence-electron chi connectivity index (χ2n) is 8.89. The van der Waals surface area contributed by atoms with Crippen LogP contribution in [0, 0.1) is 12.3 Å². The highest BCUT2D eigenvalue weighted by Crippen LogP contribution is 2.48. The lowest BCUT2D eigenvalue weighted by atomic mass is 10.0. The number of aryl methyl sites for hydroxylation is 1. The Hall–Kier alpha value is -3.07. The van der Waals surface area contributed by atoms with Gasteiger partial charge in [-0.05, 0) is 56.2 Å². The molecule has 1 aliphatic rings. The number of nitrogens with zero attached hydrogens (tertiary/aromatic N) is 1. The molecule has 1 aromatic heterocycles. The zero-order valence-corrected chi connectivity index (χ0v) is 22.4. The van der Waals surface area contributed by atoms with E-state index in [0.29, 0.717) is 6.07 Å². The maximum atomic E-state index is 13.1. The zero-order chi connectivity index (χ0) is 29.6. The smallest absolute Gasteiger partial charge is 0.369 e. The molecule has 4 rings (SSSR count). The van der Waals surface area contributed by atoms with E-state index >= 15 is 0 Å². The molecule has 1 aliphatic carbocycles. The van der Waals surface area contributed by atoms with Crippen LogP contribution in [-0.4, -0.2) is 21.9 Å². The summed E-state index contributed by atoms with van der Waals surface area (Å²) in [6, 6.07) is 4.94. The van der Waals surface area contributed by atoms with E-state index in [9.17, 15) is 41.0 Å². The second kappa shape index (κ2) is 10.7. The molecule has 1 atom stereocenters. The lowest BCUT2D eigenvalue weighted by Crippen LogP contribution is -2.35. The van der Waals surface area contributed by atoms with Crippen molar-refractivity contribution in [3.63, 3.8) is 0 Å². The maximum Gasteiger partial charge on any atom is 0.416 e. The number of benzene rings is 2. The number of aliphatic hydroxyl groups excluding tert-OH is 1. The van der Waals surface area contributed by atoms with Crippen molar-refractivity contribution in [2.75, 3.05) is 16.0 Å². The van der Waals surface area contributed by atoms with Gasteiger partial charge in [0, 0.05) is 0 Å². The van der Waals surface area contributed by atoms with Crippen molar-refractivity contribution in [1.29, 1.82) is 0 Å². The fraction of sp³-hybridized carbons (Fsp3) is 0.292. The highest BCUT2D eigenvalue weighted by atomic mass is 35.5. The molecule has 16 heteroatoms. The van der Waals surface area contributed by atoms with Crippen molar-refractivity contribution in [3.8, 4) is 0 Å². The molecule has 0 saturated heterocycles. The molecule has 1 fully saturated rings. The largest absolute Gasteiger partial charge is 0.416 e. The highest BCUT2D eigenvalue weighted by molar-refractivity contribution is 7.16. The molecular weight excluding hydrogens is 609 g/mol. The summed E-state index contributed by atoms with van der Waals surface area (Å²) in [6.45, 7) is 1.48. The van der Waals surface area contributed by atoms with Crippen LogP contribution in [0.5, 0.6) is 0 Å². The first-order valence-electron chi connectivity index (χ1n) is 11.3. The van der Waals surface area contributed by atoms with Gasteiger partial charge in [0.15, 0.2) is 11.4 Å². The van der Waals surface area contributed by atoms with Gasteiger partial charge in [0.05, 0.1) is 43.1 Å². The SMILES string of the molecule is Cc1nc(NC(=O)C2(C(=O)Nc3cc(C(F)(F)F)ccc3Cl)CC2)sc1C(O)Nc1cc(C(F)(F)F)ccc1Cl. The van der Waals surface area contributed by atoms with E-state index in [2.05, 4.69) is 20.9 Å². The fourth-order valence-corrected chi connectivity index (χ4v) is 4.91. The quantitative estimate of drug-likeness (QED) is 0.126. The van der Waals surface area contributed by atoms with Gasteiger partial charge < -0.3 is 21.1 Å². The van der Waals surface area contributed by atoms with E-state index in [-0.39, 0.29) is 50.0 Å². The van der Waals surface area contributed by atoms with Crippen LogP contribution in [0.1, 0.15) is 40.8 Å². The van der Waals surface area contributed by atoms with Crippen LogP contribution in [0.2, 0.25) is 10.0 Å². The summed E-state index contributed by atoms with van der Waals surface area (Å²) in [6.07, 6.45) is -10.6. The van der Waals surface area contributed by atoms with Crippen LogP contribution in [0.4, 0.5) is 42.8 Å². The minimum Gasteiger partial charge on any atom is -0.369 e. The van der Waals surface area contributed by atoms with Crippen LogP contribution in [0.15, 0.2) is 36.4 Å². The molecule has 0 aliphatic heterocycles. The van der Waals surface area contributed by atoms with Gasteiger partial charge in [-0.25, -0.2) is 4.98 Å². The van der Waals surface area contributed by atoms with Gasteiger partial charge in [-0.15, -0.1) is 0 Å². The van der Waals surface area contributed by atoms with Crippen LogP contribution in [0.25, 0.3) is 0 Å². The third-order valence-corrected chi connectivity index (χ3v) is 7.83. The van der Waals surface area contributed by atoms with Crippen LogP contribution < -0.4 is 16.0 Å². The van der Waals surface area contributed by atoms with Gasteiger partial charge in [-0.2, -0.15) is 26.3 Å². The fourth-order valence-electron chi connectivity index (χ4n) is 3.68. The predicted molar refractivity (Wildman–Crippen MR) is 137 cm³/mol. The summed E-state index contributed by atoms with van der Waals surface area (Å²) >= 11 is 12.7. The molecule has 7 nitrogen and oxygen atoms in total. The van der Waals surface area contributed by atoms with Crippen molar-refractivity contribution < 1.29 is 41.0 Å². The Labute approximate surface area is 236 Å². The first-order chi connectivity index (χ1) is 18.5. The zero-order valence-electron chi connectivity index (χ0n) is 20.1. The summed E-state index contributed by atoms with van der Waals surface area (Å²) in [7, 11) is 0. The molecule has 1 unspecified atom stereocenters. The van der Waals surface area contributed by atoms with Crippen molar-refractivity contribution in [2.45, 2.75) is 38.3 Å². The highest BCUT2D eigenvalue weighted by Gasteiger charge is 2.57. The van der Waals surface area contributed by atoms with Crippen molar-refractivity contribution in [3.05, 3.63) is 68.1 Å². The number of hydrogen-bond donors (Lipinski definition) is 4. The Bertz CT molecular complexity index is 1470. The summed E-state index contributed by atoms with van der Waals surface area (Å²) in [5.74, 6) is -1.64. The standard InChI is InChI=1S/C24H18Cl2F6N4O3S/c1-10-17(18(37)34-15-8-11(23(27,28)29)2-4-13(15)25)40-21(33-10)36-20(39)22(6-7-22)19(38)35-16-9-12(24(30,31)32)3-5-14(16)26/h2-5,8-9,18,34,37H,6-7H2,1H3,(H,35,38)(H,33,36,39). The predicted octanol–water partition coefficient (Wildman–Crippen LogP) is 7.26. The first-order valence-corrected chi connectivity index (χ1v) is 12.9. The number of anilines is 3. The van der Waals surface area contributed by atoms with E-state index in [1.54, 1.807) is 0 Å². The second-order valence-corrected chi connectivity index (χ2v) is 10.7. The number of aliphatic hydroxyl groups is 1. The number of alkyl halides is 6. The van der Waals surface area contributed by atoms with Crippen molar-refractivity contribution in [1.82, 2.24) is 4.98 Å². The molecule has 2 aromatic carbocycles. The van der Waals surface area contributed by atoms with E-state index < -0.39 is 46.9 Å². The van der Waals surface area contributed by atoms with Crippen LogP contribution >= 0.6 is 34.5 Å². The molecule has 3 aromatic rings. The number of hydrogen-bond acceptors (Lipinski definition) is 6. The molecular formula is C24H18Cl2F6N4O3S. The molecule has 4 N–H and O–H groups in total. The summed E-state index contributed by atoms with van der Waals surface area (Å²) < 4.78 is 78.3. The first kappa shape index (κ1) is 29.9. The third kappa shape index (κ3) is 6.29. The monoisotopic (exact) mass is 626 g/mol. The Morgan fingerprint density at radius 2 is 1.43 bits per heavy atom. The van der Waals surface area contributed by atoms with E-state index in [0.717, 1.165) is 41.7 Å². The van der Waals surface area contributed by atoms with Crippen molar-refractivity contribution in [2.24, 2.45) is 5.41 Å². The maximum absolute atomic E-state index is 13.1. The Balaban J connectivity index is 1.46. The van der Waals surface area contributed by atoms with Gasteiger partial charge in [0.25, 0.3) is 0 Å². The number of thiazole rings is 1. The number of carbonyl (C=O) groups excluding carboxylic acids is 2. The molecule has 0 bridgehead atoms. The average molecular weight is 627 g/mol. The lowest BCUT2D eigenvalue weighted by Gasteiger charge is -2.17. The molecule has 40 heavy (non-hydrogen) atoms. The third-order valence-electron chi connectivity index (χ3n) is 6.05. The molecule has 1 saturated carbocycles. The van der Waals surface area contributed by atoms with Crippen LogP contribution in [0.3, 0.4) is 0 Å². The topological polar surface area (TPSA) is 103 Å². The van der Waals surface area contributed by atoms with E-state index in [1.807, 2.05) is 0 Å². The van der Waals surface area contributed by atoms with Gasteiger partial charge in [-0.3, -0.25) is 9.59 Å². The summed E-state index contributed by atoms with van der Waals surface area (Å²) in [4.78, 5) is 30.1. The molecule has 1 heterocycles. The number of carbonyl (C=O) groups is 2. The van der Waals surface area contributed by atoms with Gasteiger partial charge in [0.1, 0.15) is 5.41 Å². The number of nitrogens with one attached hydrogen (secondary N) is 3.